The summed E-state index contributed by atoms with van der Waals surface area (Å²) in [6.07, 6.45) is 31.0. The first kappa shape index (κ1) is 26.0. The fraction of sp³-hybridized carbons (Fsp3) is 0.800. The molecule has 0 heterocycles. The summed E-state index contributed by atoms with van der Waals surface area (Å²) in [6, 6.07) is 0. The van der Waals surface area contributed by atoms with Crippen LogP contribution in [-0.4, -0.2) is 24.4 Å². The smallest absolute Gasteiger partial charge is 0.210 e. The Balaban J connectivity index is 3.50. The lowest BCUT2D eigenvalue weighted by molar-refractivity contribution is -0.117. The Morgan fingerprint density at radius 1 is 0.519 bits per heavy atom. The minimum atomic E-state index is 0.738. The molecule has 0 spiro atoms. The van der Waals surface area contributed by atoms with Crippen LogP contribution in [0.25, 0.3) is 0 Å². The van der Waals surface area contributed by atoms with Gasteiger partial charge < -0.3 is 4.90 Å². The Hall–Kier alpha value is -1.05. The number of allylic oxidation sites excluding steroid dienone is 2. The van der Waals surface area contributed by atoms with Gasteiger partial charge in [-0.3, -0.25) is 4.79 Å². The van der Waals surface area contributed by atoms with Gasteiger partial charge in [-0.2, -0.15) is 0 Å². The molecule has 0 aliphatic rings. The van der Waals surface area contributed by atoms with Crippen molar-refractivity contribution >= 4 is 6.41 Å². The Labute approximate surface area is 170 Å². The molecule has 0 fully saturated rings. The highest BCUT2D eigenvalue weighted by molar-refractivity contribution is 5.47. The van der Waals surface area contributed by atoms with E-state index in [1.165, 1.54) is 89.9 Å². The minimum Gasteiger partial charge on any atom is -0.338 e. The van der Waals surface area contributed by atoms with Gasteiger partial charge >= 0.3 is 0 Å². The number of nitrogens with zero attached hydrogens (tertiary/aromatic N) is 1. The Morgan fingerprint density at radius 3 is 1.26 bits per heavy atom. The van der Waals surface area contributed by atoms with E-state index in [9.17, 15) is 4.79 Å². The van der Waals surface area contributed by atoms with Crippen molar-refractivity contribution in [2.24, 2.45) is 0 Å². The van der Waals surface area contributed by atoms with E-state index in [1.807, 2.05) is 4.90 Å². The molecule has 1 amide bonds. The normalized spacial score (nSPS) is 11.6. The van der Waals surface area contributed by atoms with Gasteiger partial charge in [0.25, 0.3) is 0 Å². The number of rotatable bonds is 21. The van der Waals surface area contributed by atoms with Gasteiger partial charge in [0.15, 0.2) is 0 Å². The topological polar surface area (TPSA) is 20.3 Å². The molecule has 0 rings (SSSR count). The predicted octanol–water partition coefficient (Wildman–Crippen LogP) is 7.84. The van der Waals surface area contributed by atoms with Crippen LogP contribution in [-0.2, 0) is 4.79 Å². The van der Waals surface area contributed by atoms with Crippen LogP contribution in [0, 0.1) is 0 Å². The second-order valence-corrected chi connectivity index (χ2v) is 7.82. The Bertz CT molecular complexity index is 318. The van der Waals surface area contributed by atoms with Gasteiger partial charge in [0.1, 0.15) is 0 Å². The van der Waals surface area contributed by atoms with Gasteiger partial charge in [0.2, 0.25) is 6.41 Å². The van der Waals surface area contributed by atoms with E-state index >= 15 is 0 Å². The highest BCUT2D eigenvalue weighted by Gasteiger charge is 1.95. The molecule has 2 heteroatoms. The van der Waals surface area contributed by atoms with Crippen LogP contribution in [0.15, 0.2) is 24.3 Å². The summed E-state index contributed by atoms with van der Waals surface area (Å²) < 4.78 is 0. The monoisotopic (exact) mass is 377 g/mol. The summed E-state index contributed by atoms with van der Waals surface area (Å²) in [6.45, 7) is 6.00. The van der Waals surface area contributed by atoms with Crippen molar-refractivity contribution in [2.45, 2.75) is 117 Å². The largest absolute Gasteiger partial charge is 0.338 e. The molecule has 158 valence electrons. The summed E-state index contributed by atoms with van der Waals surface area (Å²) in [7, 11) is 0. The van der Waals surface area contributed by atoms with Gasteiger partial charge in [0, 0.05) is 13.1 Å². The molecular formula is C25H47NO. The standard InChI is InChI=1S/C25H47NO/c1-3-5-7-9-11-13-15-17-19-21-23-26(25-27)24-22-20-18-16-14-12-10-8-6-4-2/h19-22,25H,3-18,23-24H2,1-2H3/b21-19+,22-20+. The molecule has 0 atom stereocenters. The highest BCUT2D eigenvalue weighted by Crippen LogP contribution is 2.09. The van der Waals surface area contributed by atoms with Crippen LogP contribution < -0.4 is 0 Å². The van der Waals surface area contributed by atoms with Crippen molar-refractivity contribution in [3.05, 3.63) is 24.3 Å². The summed E-state index contributed by atoms with van der Waals surface area (Å²) in [5, 5.41) is 0. The van der Waals surface area contributed by atoms with E-state index in [4.69, 9.17) is 0 Å². The average Bonchev–Trinajstić information content (AvgIpc) is 2.69. The number of hydrogen-bond donors (Lipinski definition) is 0. The summed E-state index contributed by atoms with van der Waals surface area (Å²) in [5.74, 6) is 0. The first-order chi connectivity index (χ1) is 13.3. The highest BCUT2D eigenvalue weighted by atomic mass is 16.1. The number of amides is 1. The third-order valence-electron chi connectivity index (χ3n) is 5.11. The molecule has 0 aromatic heterocycles. The van der Waals surface area contributed by atoms with Crippen molar-refractivity contribution in [3.63, 3.8) is 0 Å². The van der Waals surface area contributed by atoms with Crippen LogP contribution in [0.5, 0.6) is 0 Å². The molecule has 2 nitrogen and oxygen atoms in total. The number of hydrogen-bond acceptors (Lipinski definition) is 1. The average molecular weight is 378 g/mol. The van der Waals surface area contributed by atoms with Crippen molar-refractivity contribution in [2.75, 3.05) is 13.1 Å². The van der Waals surface area contributed by atoms with Gasteiger partial charge in [-0.1, -0.05) is 115 Å². The predicted molar refractivity (Wildman–Crippen MR) is 121 cm³/mol. The van der Waals surface area contributed by atoms with Crippen LogP contribution in [0.2, 0.25) is 0 Å². The van der Waals surface area contributed by atoms with Crippen molar-refractivity contribution in [3.8, 4) is 0 Å². The molecule has 0 saturated heterocycles. The van der Waals surface area contributed by atoms with Crippen LogP contribution in [0.4, 0.5) is 0 Å². The second-order valence-electron chi connectivity index (χ2n) is 7.82. The molecule has 0 aromatic rings. The lowest BCUT2D eigenvalue weighted by atomic mass is 10.1. The molecule has 0 saturated carbocycles. The fourth-order valence-electron chi connectivity index (χ4n) is 3.25. The van der Waals surface area contributed by atoms with Gasteiger partial charge in [-0.05, 0) is 25.7 Å². The maximum Gasteiger partial charge on any atom is 0.210 e. The molecule has 27 heavy (non-hydrogen) atoms. The summed E-state index contributed by atoms with van der Waals surface area (Å²) in [4.78, 5) is 13.0. The van der Waals surface area contributed by atoms with Gasteiger partial charge in [0.05, 0.1) is 0 Å². The summed E-state index contributed by atoms with van der Waals surface area (Å²) in [5.41, 5.74) is 0. The zero-order valence-corrected chi connectivity index (χ0v) is 18.5. The van der Waals surface area contributed by atoms with Crippen LogP contribution >= 0.6 is 0 Å². The number of carbonyl (C=O) groups excluding carboxylic acids is 1. The zero-order valence-electron chi connectivity index (χ0n) is 18.5. The quantitative estimate of drug-likeness (QED) is 0.113. The van der Waals surface area contributed by atoms with Crippen molar-refractivity contribution in [1.82, 2.24) is 4.90 Å². The second kappa shape index (κ2) is 23.0. The molecule has 0 aromatic carbocycles. The fourth-order valence-corrected chi connectivity index (χ4v) is 3.25. The number of unbranched alkanes of at least 4 members (excludes halogenated alkanes) is 14. The molecular weight excluding hydrogens is 330 g/mol. The maximum atomic E-state index is 11.1. The molecule has 0 radical (unpaired) electrons. The van der Waals surface area contributed by atoms with Crippen LogP contribution in [0.1, 0.15) is 117 Å². The third kappa shape index (κ3) is 21.1. The summed E-state index contributed by atoms with van der Waals surface area (Å²) >= 11 is 0. The first-order valence-electron chi connectivity index (χ1n) is 11.8. The minimum absolute atomic E-state index is 0.738. The Morgan fingerprint density at radius 2 is 0.889 bits per heavy atom. The SMILES string of the molecule is CCCCCCCCC/C=C/CN(C=O)C/C=C/CCCCCCCCC. The van der Waals surface area contributed by atoms with Crippen molar-refractivity contribution in [1.29, 1.82) is 0 Å². The molecule has 0 bridgehead atoms. The Kier molecular flexibility index (Phi) is 22.1. The number of carbonyl (C=O) groups is 1. The van der Waals surface area contributed by atoms with E-state index < -0.39 is 0 Å². The van der Waals surface area contributed by atoms with E-state index in [0.717, 1.165) is 32.3 Å². The zero-order chi connectivity index (χ0) is 19.8. The van der Waals surface area contributed by atoms with E-state index in [-0.39, 0.29) is 0 Å². The van der Waals surface area contributed by atoms with Crippen LogP contribution in [0.3, 0.4) is 0 Å². The molecule has 0 unspecified atom stereocenters. The third-order valence-corrected chi connectivity index (χ3v) is 5.11. The lowest BCUT2D eigenvalue weighted by Gasteiger charge is -2.11. The van der Waals surface area contributed by atoms with Gasteiger partial charge in [-0.15, -0.1) is 0 Å². The van der Waals surface area contributed by atoms with E-state index in [1.54, 1.807) is 0 Å². The van der Waals surface area contributed by atoms with E-state index in [2.05, 4.69) is 38.2 Å². The van der Waals surface area contributed by atoms with Gasteiger partial charge in [-0.25, -0.2) is 0 Å². The maximum absolute atomic E-state index is 11.1. The molecule has 0 aliphatic carbocycles. The molecule has 0 N–H and O–H groups in total. The van der Waals surface area contributed by atoms with Crippen molar-refractivity contribution < 1.29 is 4.79 Å². The lowest BCUT2D eigenvalue weighted by Crippen LogP contribution is -2.21. The molecule has 0 aliphatic heterocycles. The first-order valence-corrected chi connectivity index (χ1v) is 11.8. The van der Waals surface area contributed by atoms with E-state index in [0.29, 0.717) is 0 Å².